The lowest BCUT2D eigenvalue weighted by Crippen LogP contribution is -2.61. The first kappa shape index (κ1) is 25.4. The summed E-state index contributed by atoms with van der Waals surface area (Å²) in [7, 11) is 0. The number of cyclic esters (lactones) is 1. The van der Waals surface area contributed by atoms with Gasteiger partial charge in [-0.3, -0.25) is 24.5 Å². The summed E-state index contributed by atoms with van der Waals surface area (Å²) in [5, 5.41) is 21.3. The van der Waals surface area contributed by atoms with E-state index in [4.69, 9.17) is 13.9 Å². The number of nitro groups is 1. The molecule has 2 heterocycles. The second kappa shape index (κ2) is 8.93. The number of furan rings is 1. The Morgan fingerprint density at radius 3 is 2.61 bits per heavy atom. The highest BCUT2D eigenvalue weighted by Crippen LogP contribution is 2.64. The van der Waals surface area contributed by atoms with Crippen LogP contribution in [-0.4, -0.2) is 33.7 Å². The lowest BCUT2D eigenvalue weighted by molar-refractivity contribution is -0.384. The van der Waals surface area contributed by atoms with E-state index in [0.717, 1.165) is 12.1 Å². The van der Waals surface area contributed by atoms with Crippen molar-refractivity contribution >= 4 is 29.4 Å². The van der Waals surface area contributed by atoms with Gasteiger partial charge in [-0.2, -0.15) is 0 Å². The summed E-state index contributed by atoms with van der Waals surface area (Å²) in [6, 6.07) is 6.49. The van der Waals surface area contributed by atoms with Gasteiger partial charge in [0.1, 0.15) is 6.10 Å². The van der Waals surface area contributed by atoms with Gasteiger partial charge in [0, 0.05) is 23.6 Å². The van der Waals surface area contributed by atoms with Crippen LogP contribution in [0.3, 0.4) is 0 Å². The van der Waals surface area contributed by atoms with Gasteiger partial charge >= 0.3 is 17.9 Å². The van der Waals surface area contributed by atoms with Crippen LogP contribution in [0.2, 0.25) is 0 Å². The summed E-state index contributed by atoms with van der Waals surface area (Å²) < 4.78 is 16.2. The Morgan fingerprint density at radius 2 is 1.95 bits per heavy atom. The van der Waals surface area contributed by atoms with E-state index in [1.807, 2.05) is 0 Å². The third-order valence-corrected chi connectivity index (χ3v) is 8.46. The molecule has 38 heavy (non-hydrogen) atoms. The van der Waals surface area contributed by atoms with Gasteiger partial charge in [-0.15, -0.1) is 0 Å². The fraction of sp³-hybridized carbons (Fsp3) is 0.407. The van der Waals surface area contributed by atoms with Crippen molar-refractivity contribution in [2.75, 3.05) is 0 Å². The molecule has 2 aromatic rings. The molecule has 1 aromatic carbocycles. The second-order valence-corrected chi connectivity index (χ2v) is 10.6. The number of Topliss-reactive ketones (excluding diaryl/α,β-unsaturated/α-hetero) is 1. The van der Waals surface area contributed by atoms with E-state index >= 15 is 0 Å². The van der Waals surface area contributed by atoms with Crippen LogP contribution in [0.4, 0.5) is 5.69 Å². The highest BCUT2D eigenvalue weighted by Gasteiger charge is 2.66. The topological polar surface area (TPSA) is 163 Å². The molecule has 198 valence electrons. The molecule has 1 aromatic heterocycles. The Hall–Kier alpha value is -4.28. The molecule has 11 heteroatoms. The average molecular weight is 523 g/mol. The first-order chi connectivity index (χ1) is 18.0. The van der Waals surface area contributed by atoms with Gasteiger partial charge in [-0.1, -0.05) is 19.9 Å². The number of hydrogen-bond acceptors (Lipinski definition) is 9. The van der Waals surface area contributed by atoms with E-state index in [9.17, 15) is 34.4 Å². The van der Waals surface area contributed by atoms with E-state index in [1.54, 1.807) is 19.9 Å². The van der Waals surface area contributed by atoms with E-state index < -0.39 is 69.1 Å². The zero-order valence-corrected chi connectivity index (χ0v) is 20.6. The quantitative estimate of drug-likeness (QED) is 0.340. The molecule has 0 amide bonds. The number of aliphatic carboxylic acids is 1. The molecule has 1 aliphatic heterocycles. The Bertz CT molecular complexity index is 1380. The van der Waals surface area contributed by atoms with Crippen molar-refractivity contribution in [3.8, 4) is 0 Å². The lowest BCUT2D eigenvalue weighted by atomic mass is 9.44. The summed E-state index contributed by atoms with van der Waals surface area (Å²) in [5.74, 6) is -6.55. The molecule has 3 aliphatic rings. The molecule has 1 saturated heterocycles. The third-order valence-electron chi connectivity index (χ3n) is 8.46. The minimum Gasteiger partial charge on any atom is -0.481 e. The molecule has 0 radical (unpaired) electrons. The van der Waals surface area contributed by atoms with E-state index in [0.29, 0.717) is 12.0 Å². The van der Waals surface area contributed by atoms with Crippen molar-refractivity contribution < 1.29 is 43.1 Å². The summed E-state index contributed by atoms with van der Waals surface area (Å²) in [5.41, 5.74) is -1.95. The largest absolute Gasteiger partial charge is 0.481 e. The first-order valence-corrected chi connectivity index (χ1v) is 12.1. The second-order valence-electron chi connectivity index (χ2n) is 10.6. The SMILES string of the molecule is CC12CCC3C(=O)OC(c4ccoc4)CC3(C)C1C(=O)C(OC(=O)c1cccc([N+](=O)[O-])c1)=CC2C(=O)O. The standard InChI is InChI=1S/C27H25NO10/c1-26-8-6-17-25(33)38-20(15-7-9-36-13-15)12-27(17,2)22(26)21(29)19(11-18(26)23(30)31)37-24(32)14-4-3-5-16(10-14)28(34)35/h3-5,7,9-11,13,17-18,20,22H,6,8,12H2,1-2H3,(H,30,31). The normalized spacial score (nSPS) is 32.3. The van der Waals surface area contributed by atoms with E-state index in [2.05, 4.69) is 0 Å². The molecule has 2 aliphatic carbocycles. The number of carboxylic acid groups (broad SMARTS) is 1. The van der Waals surface area contributed by atoms with Crippen molar-refractivity contribution in [2.24, 2.45) is 28.6 Å². The number of nitrogens with zero attached hydrogens (tertiary/aromatic N) is 1. The van der Waals surface area contributed by atoms with Crippen LogP contribution in [0.1, 0.15) is 55.1 Å². The average Bonchev–Trinajstić information content (AvgIpc) is 3.40. The van der Waals surface area contributed by atoms with Crippen LogP contribution in [0.15, 0.2) is 59.1 Å². The van der Waals surface area contributed by atoms with Crippen molar-refractivity contribution in [3.05, 3.63) is 75.9 Å². The fourth-order valence-electron chi connectivity index (χ4n) is 6.68. The highest BCUT2D eigenvalue weighted by atomic mass is 16.6. The minimum absolute atomic E-state index is 0.165. The molecular weight excluding hydrogens is 498 g/mol. The molecule has 11 nitrogen and oxygen atoms in total. The van der Waals surface area contributed by atoms with Gasteiger partial charge in [0.15, 0.2) is 5.76 Å². The predicted molar refractivity (Wildman–Crippen MR) is 127 cm³/mol. The van der Waals surface area contributed by atoms with Crippen molar-refractivity contribution in [1.29, 1.82) is 0 Å². The number of benzene rings is 1. The molecule has 2 fully saturated rings. The van der Waals surface area contributed by atoms with E-state index in [1.165, 1.54) is 30.7 Å². The van der Waals surface area contributed by atoms with Gasteiger partial charge in [0.25, 0.3) is 5.69 Å². The molecular formula is C27H25NO10. The minimum atomic E-state index is -1.19. The van der Waals surface area contributed by atoms with E-state index in [-0.39, 0.29) is 24.1 Å². The number of fused-ring (bicyclic) bond motifs is 3. The molecule has 5 rings (SSSR count). The lowest BCUT2D eigenvalue weighted by Gasteiger charge is -2.59. The van der Waals surface area contributed by atoms with Crippen molar-refractivity contribution in [1.82, 2.24) is 0 Å². The number of esters is 2. The third kappa shape index (κ3) is 3.89. The smallest absolute Gasteiger partial charge is 0.343 e. The summed E-state index contributed by atoms with van der Waals surface area (Å²) >= 11 is 0. The molecule has 1 N–H and O–H groups in total. The maximum absolute atomic E-state index is 14.0. The van der Waals surface area contributed by atoms with Gasteiger partial charge in [-0.05, 0) is 48.3 Å². The number of ether oxygens (including phenoxy) is 2. The van der Waals surface area contributed by atoms with Crippen LogP contribution >= 0.6 is 0 Å². The highest BCUT2D eigenvalue weighted by molar-refractivity contribution is 6.03. The number of ketones is 1. The zero-order chi connectivity index (χ0) is 27.4. The summed E-state index contributed by atoms with van der Waals surface area (Å²) in [6.07, 6.45) is 4.22. The Kier molecular flexibility index (Phi) is 5.96. The number of carboxylic acids is 1. The van der Waals surface area contributed by atoms with Gasteiger partial charge in [-0.25, -0.2) is 4.79 Å². The Morgan fingerprint density at radius 1 is 1.18 bits per heavy atom. The molecule has 6 atom stereocenters. The molecule has 6 unspecified atom stereocenters. The number of hydrogen-bond donors (Lipinski definition) is 1. The van der Waals surface area contributed by atoms with Crippen LogP contribution in [0.5, 0.6) is 0 Å². The van der Waals surface area contributed by atoms with Crippen LogP contribution in [0.25, 0.3) is 0 Å². The fourth-order valence-corrected chi connectivity index (χ4v) is 6.68. The molecule has 0 bridgehead atoms. The van der Waals surface area contributed by atoms with Gasteiger partial charge in [0.2, 0.25) is 5.78 Å². The van der Waals surface area contributed by atoms with Gasteiger partial charge < -0.3 is 19.0 Å². The number of allylic oxidation sites excluding steroid dienone is 1. The first-order valence-electron chi connectivity index (χ1n) is 12.1. The monoisotopic (exact) mass is 523 g/mol. The number of carbonyl (C=O) groups excluding carboxylic acids is 3. The van der Waals surface area contributed by atoms with Crippen molar-refractivity contribution in [3.63, 3.8) is 0 Å². The van der Waals surface area contributed by atoms with Crippen LogP contribution < -0.4 is 0 Å². The number of nitro benzene ring substituents is 1. The molecule has 0 spiro atoms. The molecule has 1 saturated carbocycles. The Labute approximate surface area is 216 Å². The maximum atomic E-state index is 14.0. The maximum Gasteiger partial charge on any atom is 0.343 e. The Balaban J connectivity index is 1.54. The number of carbonyl (C=O) groups is 4. The number of rotatable bonds is 5. The van der Waals surface area contributed by atoms with Crippen LogP contribution in [0, 0.1) is 38.7 Å². The van der Waals surface area contributed by atoms with Gasteiger partial charge in [0.05, 0.1) is 34.8 Å². The zero-order valence-electron chi connectivity index (χ0n) is 20.6. The van der Waals surface area contributed by atoms with Crippen LogP contribution in [-0.2, 0) is 23.9 Å². The number of non-ortho nitro benzene ring substituents is 1. The summed E-state index contributed by atoms with van der Waals surface area (Å²) in [4.78, 5) is 62.9. The van der Waals surface area contributed by atoms with Crippen molar-refractivity contribution in [2.45, 2.75) is 39.2 Å². The summed E-state index contributed by atoms with van der Waals surface area (Å²) in [6.45, 7) is 3.51. The predicted octanol–water partition coefficient (Wildman–Crippen LogP) is 4.24.